The molecule has 82 valence electrons. The molecule has 0 saturated carbocycles. The highest BCUT2D eigenvalue weighted by atomic mass is 79.9. The predicted molar refractivity (Wildman–Crippen MR) is 53.6 cm³/mol. The van der Waals surface area contributed by atoms with Gasteiger partial charge in [-0.15, -0.1) is 0 Å². The molecule has 0 aliphatic rings. The van der Waals surface area contributed by atoms with E-state index in [2.05, 4.69) is 20.9 Å². The summed E-state index contributed by atoms with van der Waals surface area (Å²) in [6, 6.07) is 0. The lowest BCUT2D eigenvalue weighted by Gasteiger charge is -2.11. The zero-order chi connectivity index (χ0) is 11.6. The number of carbonyl (C=O) groups is 1. The van der Waals surface area contributed by atoms with E-state index in [-0.39, 0.29) is 10.2 Å². The van der Waals surface area contributed by atoms with Gasteiger partial charge in [-0.05, 0) is 27.5 Å². The van der Waals surface area contributed by atoms with Crippen LogP contribution < -0.4 is 4.74 Å². The molecule has 0 aromatic carbocycles. The molecule has 0 saturated heterocycles. The number of pyridine rings is 1. The highest BCUT2D eigenvalue weighted by Gasteiger charge is 2.25. The summed E-state index contributed by atoms with van der Waals surface area (Å²) in [5, 5.41) is -1.05. The number of aromatic nitrogens is 1. The normalized spacial score (nSPS) is 10.5. The van der Waals surface area contributed by atoms with Gasteiger partial charge in [0.25, 0.3) is 11.7 Å². The lowest BCUT2D eigenvalue weighted by atomic mass is 10.2. The van der Waals surface area contributed by atoms with Crippen LogP contribution in [0.3, 0.4) is 0 Å². The Bertz CT molecular complexity index is 400. The van der Waals surface area contributed by atoms with Crippen molar-refractivity contribution in [1.29, 1.82) is 0 Å². The number of methoxy groups -OCH3 is 1. The third kappa shape index (κ3) is 2.43. The summed E-state index contributed by atoms with van der Waals surface area (Å²) in [6.07, 6.45) is -1.71. The Morgan fingerprint density at radius 1 is 1.67 bits per heavy atom. The van der Waals surface area contributed by atoms with Gasteiger partial charge < -0.3 is 4.74 Å². The van der Waals surface area contributed by atoms with E-state index in [4.69, 9.17) is 16.3 Å². The summed E-state index contributed by atoms with van der Waals surface area (Å²) in [4.78, 5) is 14.4. The molecule has 1 aromatic heterocycles. The minimum absolute atomic E-state index is 0.135. The summed E-state index contributed by atoms with van der Waals surface area (Å²) in [7, 11) is 1.22. The van der Waals surface area contributed by atoms with Crippen molar-refractivity contribution in [3.63, 3.8) is 0 Å². The van der Waals surface area contributed by atoms with Crippen molar-refractivity contribution in [3.8, 4) is 5.75 Å². The molecule has 0 atom stereocenters. The fourth-order valence-corrected chi connectivity index (χ4v) is 1.68. The maximum atomic E-state index is 12.7. The number of rotatable bonds is 3. The highest BCUT2D eigenvalue weighted by molar-refractivity contribution is 9.10. The Morgan fingerprint density at radius 2 is 2.27 bits per heavy atom. The predicted octanol–water partition coefficient (Wildman–Crippen LogP) is 3.17. The maximum absolute atomic E-state index is 12.7. The minimum Gasteiger partial charge on any atom is -0.495 e. The first kappa shape index (κ1) is 12.3. The first-order valence-electron chi connectivity index (χ1n) is 3.69. The van der Waals surface area contributed by atoms with Crippen molar-refractivity contribution in [2.45, 2.75) is 6.43 Å². The minimum atomic E-state index is -2.89. The van der Waals surface area contributed by atoms with E-state index in [0.29, 0.717) is 0 Å². The maximum Gasteiger partial charge on any atom is 0.271 e. The van der Waals surface area contributed by atoms with Crippen molar-refractivity contribution >= 4 is 32.8 Å². The summed E-state index contributed by atoms with van der Waals surface area (Å²) in [6.45, 7) is 0. The van der Waals surface area contributed by atoms with Crippen LogP contribution in [0.25, 0.3) is 0 Å². The Balaban J connectivity index is 3.49. The SMILES string of the molecule is COc1c(Br)cnc(C(=O)Cl)c1C(F)F. The number of ether oxygens (including phenoxy) is 1. The van der Waals surface area contributed by atoms with Gasteiger partial charge in [-0.25, -0.2) is 13.8 Å². The van der Waals surface area contributed by atoms with Gasteiger partial charge in [0.1, 0.15) is 11.4 Å². The van der Waals surface area contributed by atoms with Crippen LogP contribution >= 0.6 is 27.5 Å². The van der Waals surface area contributed by atoms with Gasteiger partial charge in [-0.3, -0.25) is 4.79 Å². The molecular formula is C8H5BrClF2NO2. The number of halogens is 4. The first-order valence-corrected chi connectivity index (χ1v) is 4.86. The van der Waals surface area contributed by atoms with E-state index < -0.39 is 22.9 Å². The molecule has 0 aliphatic heterocycles. The van der Waals surface area contributed by atoms with E-state index in [1.807, 2.05) is 0 Å². The van der Waals surface area contributed by atoms with Crippen LogP contribution in [0.1, 0.15) is 22.5 Å². The second-order valence-electron chi connectivity index (χ2n) is 2.48. The second-order valence-corrected chi connectivity index (χ2v) is 3.67. The summed E-state index contributed by atoms with van der Waals surface area (Å²) < 4.78 is 30.3. The zero-order valence-corrected chi connectivity index (χ0v) is 9.77. The fraction of sp³-hybridized carbons (Fsp3) is 0.250. The molecule has 0 N–H and O–H groups in total. The fourth-order valence-electron chi connectivity index (χ4n) is 1.05. The van der Waals surface area contributed by atoms with Crippen LogP contribution in [-0.2, 0) is 0 Å². The van der Waals surface area contributed by atoms with Crippen LogP contribution in [0, 0.1) is 0 Å². The van der Waals surface area contributed by atoms with Gasteiger partial charge in [-0.1, -0.05) is 0 Å². The molecule has 0 aliphatic carbocycles. The first-order chi connectivity index (χ1) is 6.99. The van der Waals surface area contributed by atoms with E-state index in [1.54, 1.807) is 0 Å². The average Bonchev–Trinajstić information content (AvgIpc) is 2.16. The molecule has 0 radical (unpaired) electrons. The number of nitrogens with zero attached hydrogens (tertiary/aromatic N) is 1. The quantitative estimate of drug-likeness (QED) is 0.805. The third-order valence-electron chi connectivity index (χ3n) is 1.63. The van der Waals surface area contributed by atoms with Gasteiger partial charge in [0, 0.05) is 6.20 Å². The number of alkyl halides is 2. The molecule has 0 amide bonds. The van der Waals surface area contributed by atoms with Gasteiger partial charge in [0.2, 0.25) is 0 Å². The van der Waals surface area contributed by atoms with Crippen molar-refractivity contribution in [2.75, 3.05) is 7.11 Å². The van der Waals surface area contributed by atoms with E-state index in [1.165, 1.54) is 13.3 Å². The Hall–Kier alpha value is -0.750. The third-order valence-corrected chi connectivity index (χ3v) is 2.38. The number of carbonyl (C=O) groups excluding carboxylic acids is 1. The molecule has 0 fully saturated rings. The van der Waals surface area contributed by atoms with Gasteiger partial charge >= 0.3 is 0 Å². The number of hydrogen-bond acceptors (Lipinski definition) is 3. The van der Waals surface area contributed by atoms with E-state index in [0.717, 1.165) is 0 Å². The molecule has 15 heavy (non-hydrogen) atoms. The molecule has 1 heterocycles. The van der Waals surface area contributed by atoms with Crippen LogP contribution in [-0.4, -0.2) is 17.3 Å². The van der Waals surface area contributed by atoms with Crippen LogP contribution in [0.4, 0.5) is 8.78 Å². The lowest BCUT2D eigenvalue weighted by Crippen LogP contribution is -2.05. The van der Waals surface area contributed by atoms with E-state index in [9.17, 15) is 13.6 Å². The Morgan fingerprint density at radius 3 is 2.67 bits per heavy atom. The molecular weight excluding hydrogens is 295 g/mol. The summed E-state index contributed by atoms with van der Waals surface area (Å²) >= 11 is 8.11. The van der Waals surface area contributed by atoms with Gasteiger partial charge in [0.05, 0.1) is 17.1 Å². The highest BCUT2D eigenvalue weighted by Crippen LogP contribution is 2.37. The Kier molecular flexibility index (Phi) is 3.98. The van der Waals surface area contributed by atoms with Crippen molar-refractivity contribution in [2.24, 2.45) is 0 Å². The topological polar surface area (TPSA) is 39.2 Å². The smallest absolute Gasteiger partial charge is 0.271 e. The van der Waals surface area contributed by atoms with Crippen LogP contribution in [0.15, 0.2) is 10.7 Å². The van der Waals surface area contributed by atoms with Crippen LogP contribution in [0.2, 0.25) is 0 Å². The van der Waals surface area contributed by atoms with Crippen molar-refractivity contribution < 1.29 is 18.3 Å². The molecule has 3 nitrogen and oxygen atoms in total. The Labute approximate surface area is 97.5 Å². The van der Waals surface area contributed by atoms with Gasteiger partial charge in [0.15, 0.2) is 0 Å². The monoisotopic (exact) mass is 299 g/mol. The standard InChI is InChI=1S/C8H5BrClF2NO2/c1-15-6-3(9)2-13-5(7(10)14)4(6)8(11)12/h2,8H,1H3. The largest absolute Gasteiger partial charge is 0.495 e. The average molecular weight is 300 g/mol. The van der Waals surface area contributed by atoms with Crippen molar-refractivity contribution in [1.82, 2.24) is 4.98 Å². The lowest BCUT2D eigenvalue weighted by molar-refractivity contribution is 0.105. The molecule has 0 bridgehead atoms. The number of hydrogen-bond donors (Lipinski definition) is 0. The summed E-state index contributed by atoms with van der Waals surface area (Å²) in [5.41, 5.74) is -1.10. The van der Waals surface area contributed by atoms with Crippen LogP contribution in [0.5, 0.6) is 5.75 Å². The summed E-state index contributed by atoms with van der Waals surface area (Å²) in [5.74, 6) is -0.135. The molecule has 0 unspecified atom stereocenters. The van der Waals surface area contributed by atoms with Gasteiger partial charge in [-0.2, -0.15) is 0 Å². The molecule has 1 aromatic rings. The zero-order valence-electron chi connectivity index (χ0n) is 7.43. The molecule has 7 heteroatoms. The molecule has 0 spiro atoms. The van der Waals surface area contributed by atoms with Crippen molar-refractivity contribution in [3.05, 3.63) is 21.9 Å². The van der Waals surface area contributed by atoms with E-state index >= 15 is 0 Å². The second kappa shape index (κ2) is 4.85. The molecule has 1 rings (SSSR count).